The number of carbonyl (C=O) groups excluding carboxylic acids is 1. The molecule has 0 radical (unpaired) electrons. The first-order valence-electron chi connectivity index (χ1n) is 10.2. The summed E-state index contributed by atoms with van der Waals surface area (Å²) in [5.74, 6) is -0.397. The molecule has 1 aromatic heterocycles. The number of aromatic nitrogens is 1. The molecule has 164 valence electrons. The first kappa shape index (κ1) is 22.4. The van der Waals surface area contributed by atoms with Crippen LogP contribution in [0.5, 0.6) is 0 Å². The van der Waals surface area contributed by atoms with Gasteiger partial charge in [-0.1, -0.05) is 46.5 Å². The average Bonchev–Trinajstić information content (AvgIpc) is 3.08. The topological polar surface area (TPSA) is 71.7 Å². The molecule has 0 atom stereocenters. The van der Waals surface area contributed by atoms with Gasteiger partial charge in [0.2, 0.25) is 10.0 Å². The minimum atomic E-state index is -3.58. The van der Waals surface area contributed by atoms with E-state index in [2.05, 4.69) is 20.9 Å². The van der Waals surface area contributed by atoms with Crippen molar-refractivity contribution < 1.29 is 13.2 Å². The van der Waals surface area contributed by atoms with Crippen molar-refractivity contribution in [2.75, 3.05) is 7.05 Å². The second-order valence-electron chi connectivity index (χ2n) is 7.81. The van der Waals surface area contributed by atoms with Crippen molar-refractivity contribution in [1.82, 2.24) is 8.87 Å². The predicted molar refractivity (Wildman–Crippen MR) is 127 cm³/mol. The summed E-state index contributed by atoms with van der Waals surface area (Å²) in [6, 6.07) is 12.0. The molecule has 0 saturated heterocycles. The minimum Gasteiger partial charge on any atom is -0.319 e. The number of fused-ring (bicyclic) bond motifs is 1. The largest absolute Gasteiger partial charge is 0.319 e. The van der Waals surface area contributed by atoms with Crippen molar-refractivity contribution >= 4 is 53.4 Å². The predicted octanol–water partition coefficient (Wildman–Crippen LogP) is 4.70. The zero-order valence-corrected chi connectivity index (χ0v) is 20.6. The summed E-state index contributed by atoms with van der Waals surface area (Å²) >= 11 is 4.89. The number of carbonyl (C=O) groups is 1. The molecule has 4 rings (SSSR count). The van der Waals surface area contributed by atoms with Crippen LogP contribution in [-0.2, 0) is 17.1 Å². The standard InChI is InChI=1S/C22H24BrN3O3S2/c1-25-19-13-10-16(23)14-20(19)30-22(25)24-21(27)15-8-11-18(12-9-15)31(28,29)26(2)17-6-4-3-5-7-17/h8-14,17H,3-7H2,1-2H3. The Morgan fingerprint density at radius 3 is 2.48 bits per heavy atom. The zero-order chi connectivity index (χ0) is 22.2. The lowest BCUT2D eigenvalue weighted by molar-refractivity contribution is 0.0998. The lowest BCUT2D eigenvalue weighted by Crippen LogP contribution is -2.38. The van der Waals surface area contributed by atoms with E-state index in [9.17, 15) is 13.2 Å². The summed E-state index contributed by atoms with van der Waals surface area (Å²) in [6.07, 6.45) is 5.08. The first-order valence-corrected chi connectivity index (χ1v) is 13.2. The number of amides is 1. The maximum Gasteiger partial charge on any atom is 0.279 e. The van der Waals surface area contributed by atoms with E-state index in [0.717, 1.165) is 40.4 Å². The molecule has 3 aromatic rings. The van der Waals surface area contributed by atoms with E-state index in [1.807, 2.05) is 29.8 Å². The van der Waals surface area contributed by atoms with Gasteiger partial charge < -0.3 is 4.57 Å². The smallest absolute Gasteiger partial charge is 0.279 e. The van der Waals surface area contributed by atoms with Crippen LogP contribution in [-0.4, -0.2) is 36.3 Å². The summed E-state index contributed by atoms with van der Waals surface area (Å²) in [5.41, 5.74) is 1.35. The number of benzene rings is 2. The van der Waals surface area contributed by atoms with Crippen molar-refractivity contribution in [3.63, 3.8) is 0 Å². The second-order valence-corrected chi connectivity index (χ2v) is 11.7. The molecule has 0 bridgehead atoms. The Morgan fingerprint density at radius 2 is 1.81 bits per heavy atom. The van der Waals surface area contributed by atoms with Crippen LogP contribution in [0.15, 0.2) is 56.8 Å². The van der Waals surface area contributed by atoms with E-state index >= 15 is 0 Å². The normalized spacial score (nSPS) is 16.3. The molecule has 1 saturated carbocycles. The number of sulfonamides is 1. The van der Waals surface area contributed by atoms with Crippen LogP contribution in [0.2, 0.25) is 0 Å². The summed E-state index contributed by atoms with van der Waals surface area (Å²) in [5, 5.41) is 0. The Kier molecular flexibility index (Phi) is 6.48. The molecule has 9 heteroatoms. The fraction of sp³-hybridized carbons (Fsp3) is 0.364. The zero-order valence-electron chi connectivity index (χ0n) is 17.4. The monoisotopic (exact) mass is 521 g/mol. The van der Waals surface area contributed by atoms with Crippen LogP contribution in [0.3, 0.4) is 0 Å². The molecule has 1 aliphatic rings. The molecule has 1 fully saturated rings. The number of rotatable bonds is 4. The molecule has 2 aromatic carbocycles. The molecule has 0 spiro atoms. The van der Waals surface area contributed by atoms with Crippen molar-refractivity contribution in [2.45, 2.75) is 43.0 Å². The minimum absolute atomic E-state index is 0.0445. The number of hydrogen-bond acceptors (Lipinski definition) is 4. The number of thiazole rings is 1. The van der Waals surface area contributed by atoms with Crippen molar-refractivity contribution in [3.8, 4) is 0 Å². The van der Waals surface area contributed by atoms with E-state index in [1.54, 1.807) is 7.05 Å². The van der Waals surface area contributed by atoms with Gasteiger partial charge in [-0.05, 0) is 55.3 Å². The summed E-state index contributed by atoms with van der Waals surface area (Å²) in [7, 11) is -0.0602. The lowest BCUT2D eigenvalue weighted by atomic mass is 9.96. The van der Waals surface area contributed by atoms with Gasteiger partial charge in [0.05, 0.1) is 15.1 Å². The third-order valence-electron chi connectivity index (χ3n) is 5.84. The third kappa shape index (κ3) is 4.55. The molecule has 1 amide bonds. The Balaban J connectivity index is 1.58. The second kappa shape index (κ2) is 8.97. The molecule has 0 unspecified atom stereocenters. The summed E-state index contributed by atoms with van der Waals surface area (Å²) in [4.78, 5) is 17.8. The van der Waals surface area contributed by atoms with Crippen LogP contribution in [0.4, 0.5) is 0 Å². The number of hydrogen-bond donors (Lipinski definition) is 0. The van der Waals surface area contributed by atoms with E-state index in [4.69, 9.17) is 0 Å². The van der Waals surface area contributed by atoms with Crippen molar-refractivity contribution in [3.05, 3.63) is 57.3 Å². The van der Waals surface area contributed by atoms with E-state index in [0.29, 0.717) is 10.4 Å². The van der Waals surface area contributed by atoms with E-state index in [-0.39, 0.29) is 10.9 Å². The van der Waals surface area contributed by atoms with Crippen molar-refractivity contribution in [2.24, 2.45) is 12.0 Å². The van der Waals surface area contributed by atoms with Crippen LogP contribution < -0.4 is 4.80 Å². The third-order valence-corrected chi connectivity index (χ3v) is 9.35. The van der Waals surface area contributed by atoms with Gasteiger partial charge in [-0.15, -0.1) is 0 Å². The van der Waals surface area contributed by atoms with Gasteiger partial charge in [0.25, 0.3) is 5.91 Å². The van der Waals surface area contributed by atoms with Gasteiger partial charge in [-0.25, -0.2) is 8.42 Å². The van der Waals surface area contributed by atoms with E-state index in [1.165, 1.54) is 46.3 Å². The fourth-order valence-electron chi connectivity index (χ4n) is 3.94. The molecule has 31 heavy (non-hydrogen) atoms. The SMILES string of the molecule is CN(C1CCCCC1)S(=O)(=O)c1ccc(C(=O)N=c2sc3cc(Br)ccc3n2C)cc1. The molecular weight excluding hydrogens is 498 g/mol. The Bertz CT molecular complexity index is 1290. The highest BCUT2D eigenvalue weighted by Gasteiger charge is 2.29. The summed E-state index contributed by atoms with van der Waals surface area (Å²) in [6.45, 7) is 0. The van der Waals surface area contributed by atoms with Gasteiger partial charge in [0.1, 0.15) is 0 Å². The highest BCUT2D eigenvalue weighted by molar-refractivity contribution is 9.10. The quantitative estimate of drug-likeness (QED) is 0.499. The Morgan fingerprint density at radius 1 is 1.13 bits per heavy atom. The number of halogens is 1. The van der Waals surface area contributed by atoms with Crippen LogP contribution >= 0.6 is 27.3 Å². The molecular formula is C22H24BrN3O3S2. The van der Waals surface area contributed by atoms with Crippen molar-refractivity contribution in [1.29, 1.82) is 0 Å². The Hall–Kier alpha value is -1.81. The average molecular weight is 522 g/mol. The Labute approximate surface area is 194 Å². The number of nitrogens with zero attached hydrogens (tertiary/aromatic N) is 3. The highest BCUT2D eigenvalue weighted by Crippen LogP contribution is 2.27. The van der Waals surface area contributed by atoms with Crippen LogP contribution in [0.1, 0.15) is 42.5 Å². The van der Waals surface area contributed by atoms with Crippen LogP contribution in [0.25, 0.3) is 10.2 Å². The van der Waals surface area contributed by atoms with Gasteiger partial charge >= 0.3 is 0 Å². The molecule has 1 aliphatic carbocycles. The molecule has 6 nitrogen and oxygen atoms in total. The maximum atomic E-state index is 13.0. The van der Waals surface area contributed by atoms with Gasteiger partial charge in [0.15, 0.2) is 4.80 Å². The lowest BCUT2D eigenvalue weighted by Gasteiger charge is -2.30. The van der Waals surface area contributed by atoms with Crippen LogP contribution in [0, 0.1) is 0 Å². The summed E-state index contributed by atoms with van der Waals surface area (Å²) < 4.78 is 31.3. The first-order chi connectivity index (χ1) is 14.8. The molecule has 1 heterocycles. The van der Waals surface area contributed by atoms with Gasteiger partial charge in [0, 0.05) is 30.2 Å². The fourth-order valence-corrected chi connectivity index (χ4v) is 6.93. The maximum absolute atomic E-state index is 13.0. The number of aryl methyl sites for hydroxylation is 1. The van der Waals surface area contributed by atoms with Gasteiger partial charge in [-0.2, -0.15) is 9.30 Å². The highest BCUT2D eigenvalue weighted by atomic mass is 79.9. The van der Waals surface area contributed by atoms with Gasteiger partial charge in [-0.3, -0.25) is 4.79 Å². The molecule has 0 N–H and O–H groups in total. The van der Waals surface area contributed by atoms with E-state index < -0.39 is 15.9 Å². The molecule has 0 aliphatic heterocycles.